The third-order valence-electron chi connectivity index (χ3n) is 4.34. The predicted molar refractivity (Wildman–Crippen MR) is 101 cm³/mol. The molecule has 1 amide bonds. The molecule has 0 fully saturated rings. The first-order chi connectivity index (χ1) is 13.4. The van der Waals surface area contributed by atoms with Crippen LogP contribution in [0.4, 0.5) is 23.7 Å². The summed E-state index contributed by atoms with van der Waals surface area (Å²) in [5.74, 6) is -0.654. The lowest BCUT2D eigenvalue weighted by molar-refractivity contribution is 0.0562. The highest BCUT2D eigenvalue weighted by Gasteiger charge is 2.38. The highest BCUT2D eigenvalue weighted by molar-refractivity contribution is 6.05. The molecule has 3 N–H and O–H groups in total. The number of amidine groups is 1. The second-order valence-electron chi connectivity index (χ2n) is 7.99. The number of fused-ring (bicyclic) bond motifs is 1. The van der Waals surface area contributed by atoms with Crippen molar-refractivity contribution < 1.29 is 22.7 Å². The first-order valence-corrected chi connectivity index (χ1v) is 8.89. The number of hydrogen-bond acceptors (Lipinski definition) is 5. The van der Waals surface area contributed by atoms with E-state index in [9.17, 15) is 18.0 Å². The fourth-order valence-corrected chi connectivity index (χ4v) is 3.14. The van der Waals surface area contributed by atoms with Crippen LogP contribution in [0.25, 0.3) is 0 Å². The van der Waals surface area contributed by atoms with Crippen molar-refractivity contribution in [1.29, 1.82) is 0 Å². The Hall–Kier alpha value is -3.04. The van der Waals surface area contributed by atoms with E-state index in [4.69, 9.17) is 10.5 Å². The highest BCUT2D eigenvalue weighted by Crippen LogP contribution is 2.36. The van der Waals surface area contributed by atoms with Crippen LogP contribution >= 0.6 is 0 Å². The molecule has 156 valence electrons. The van der Waals surface area contributed by atoms with E-state index in [1.165, 1.54) is 22.8 Å². The van der Waals surface area contributed by atoms with Gasteiger partial charge >= 0.3 is 6.09 Å². The number of hydrogen-bond donors (Lipinski definition) is 2. The van der Waals surface area contributed by atoms with E-state index in [0.29, 0.717) is 5.69 Å². The largest absolute Gasteiger partial charge is 0.444 e. The summed E-state index contributed by atoms with van der Waals surface area (Å²) in [6.07, 6.45) is -2.64. The number of carbonyl (C=O) groups excluding carboxylic acids is 1. The van der Waals surface area contributed by atoms with Crippen molar-refractivity contribution in [2.45, 2.75) is 51.8 Å². The Kier molecular flexibility index (Phi) is 5.06. The minimum absolute atomic E-state index is 0.0351. The van der Waals surface area contributed by atoms with Crippen molar-refractivity contribution in [3.05, 3.63) is 47.3 Å². The highest BCUT2D eigenvalue weighted by atomic mass is 19.3. The van der Waals surface area contributed by atoms with E-state index in [-0.39, 0.29) is 29.5 Å². The molecule has 0 spiro atoms. The van der Waals surface area contributed by atoms with Crippen molar-refractivity contribution in [1.82, 2.24) is 14.9 Å². The lowest BCUT2D eigenvalue weighted by Gasteiger charge is -2.33. The van der Waals surface area contributed by atoms with Crippen LogP contribution in [0.3, 0.4) is 0 Å². The summed E-state index contributed by atoms with van der Waals surface area (Å²) in [6.45, 7) is 6.49. The zero-order chi connectivity index (χ0) is 21.6. The second-order valence-corrected chi connectivity index (χ2v) is 7.99. The van der Waals surface area contributed by atoms with Gasteiger partial charge in [-0.3, -0.25) is 10.3 Å². The minimum Gasteiger partial charge on any atom is -0.444 e. The van der Waals surface area contributed by atoms with Gasteiger partial charge in [0.25, 0.3) is 6.43 Å². The maximum atomic E-state index is 14.6. The summed E-state index contributed by atoms with van der Waals surface area (Å²) in [5, 5.41) is 2.45. The molecule has 3 rings (SSSR count). The van der Waals surface area contributed by atoms with Gasteiger partial charge in [0.05, 0.1) is 12.7 Å². The fourth-order valence-electron chi connectivity index (χ4n) is 3.14. The number of anilines is 1. The number of imidazole rings is 1. The Balaban J connectivity index is 2.10. The Morgan fingerprint density at radius 3 is 2.69 bits per heavy atom. The van der Waals surface area contributed by atoms with Crippen LogP contribution in [-0.4, -0.2) is 27.1 Å². The third kappa shape index (κ3) is 4.20. The summed E-state index contributed by atoms with van der Waals surface area (Å²) < 4.78 is 48.0. The zero-order valence-electron chi connectivity index (χ0n) is 16.5. The van der Waals surface area contributed by atoms with Gasteiger partial charge in [-0.25, -0.2) is 22.9 Å². The number of alkyl halides is 2. The molecule has 1 aromatic heterocycles. The van der Waals surface area contributed by atoms with E-state index in [0.717, 1.165) is 6.20 Å². The quantitative estimate of drug-likeness (QED) is 0.739. The summed E-state index contributed by atoms with van der Waals surface area (Å²) in [7, 11) is 0. The second kappa shape index (κ2) is 7.09. The first-order valence-electron chi connectivity index (χ1n) is 8.89. The van der Waals surface area contributed by atoms with Crippen LogP contribution < -0.4 is 11.1 Å². The van der Waals surface area contributed by atoms with E-state index in [1.807, 2.05) is 0 Å². The number of amides is 1. The van der Waals surface area contributed by atoms with Crippen molar-refractivity contribution in [3.8, 4) is 0 Å². The summed E-state index contributed by atoms with van der Waals surface area (Å²) >= 11 is 0. The molecule has 7 nitrogen and oxygen atoms in total. The Bertz CT molecular complexity index is 981. The van der Waals surface area contributed by atoms with Crippen molar-refractivity contribution >= 4 is 17.6 Å². The number of aliphatic imine (C=N–C) groups is 1. The van der Waals surface area contributed by atoms with Crippen molar-refractivity contribution in [2.24, 2.45) is 4.99 Å². The molecule has 1 aliphatic heterocycles. The van der Waals surface area contributed by atoms with Crippen LogP contribution in [0.5, 0.6) is 0 Å². The minimum atomic E-state index is -2.81. The topological polar surface area (TPSA) is 94.5 Å². The van der Waals surface area contributed by atoms with E-state index in [2.05, 4.69) is 15.3 Å². The average Bonchev–Trinajstić information content (AvgIpc) is 2.99. The molecule has 0 unspecified atom stereocenters. The van der Waals surface area contributed by atoms with Gasteiger partial charge in [-0.15, -0.1) is 0 Å². The molecule has 10 heteroatoms. The molecule has 0 aliphatic carbocycles. The molecule has 2 aromatic rings. The van der Waals surface area contributed by atoms with Crippen molar-refractivity contribution in [3.63, 3.8) is 0 Å². The molecule has 1 aliphatic rings. The number of halogens is 3. The lowest BCUT2D eigenvalue weighted by atomic mass is 9.90. The number of ether oxygens (including phenoxy) is 1. The Morgan fingerprint density at radius 2 is 2.07 bits per heavy atom. The summed E-state index contributed by atoms with van der Waals surface area (Å²) in [6, 6.07) is 3.97. The first kappa shape index (κ1) is 20.7. The molecular formula is C19H22F3N5O2. The van der Waals surface area contributed by atoms with Gasteiger partial charge in [0.2, 0.25) is 0 Å². The summed E-state index contributed by atoms with van der Waals surface area (Å²) in [5.41, 5.74) is 3.72. The monoisotopic (exact) mass is 409 g/mol. The number of nitrogens with zero attached hydrogens (tertiary/aromatic N) is 3. The molecule has 1 aromatic carbocycles. The Labute approximate surface area is 165 Å². The maximum Gasteiger partial charge on any atom is 0.413 e. The van der Waals surface area contributed by atoms with Crippen LogP contribution in [0.2, 0.25) is 0 Å². The Morgan fingerprint density at radius 1 is 1.38 bits per heavy atom. The zero-order valence-corrected chi connectivity index (χ0v) is 16.5. The van der Waals surface area contributed by atoms with Gasteiger partial charge in [0.1, 0.15) is 22.7 Å². The van der Waals surface area contributed by atoms with Gasteiger partial charge in [0.15, 0.2) is 11.7 Å². The number of nitrogens with two attached hydrogens (primary N) is 1. The van der Waals surface area contributed by atoms with Gasteiger partial charge in [0, 0.05) is 11.3 Å². The third-order valence-corrected chi connectivity index (χ3v) is 4.34. The van der Waals surface area contributed by atoms with Gasteiger partial charge in [-0.05, 0) is 45.9 Å². The predicted octanol–water partition coefficient (Wildman–Crippen LogP) is 3.74. The molecule has 0 bridgehead atoms. The van der Waals surface area contributed by atoms with Crippen LogP contribution in [0, 0.1) is 5.82 Å². The molecule has 0 saturated carbocycles. The number of nitrogen functional groups attached to an aromatic ring is 1. The number of nitrogens with one attached hydrogen (secondary N) is 1. The maximum absolute atomic E-state index is 14.6. The number of carbonyl (C=O) groups is 1. The number of rotatable bonds is 2. The molecule has 1 atom stereocenters. The van der Waals surface area contributed by atoms with E-state index >= 15 is 0 Å². The van der Waals surface area contributed by atoms with Crippen LogP contribution in [0.15, 0.2) is 29.4 Å². The van der Waals surface area contributed by atoms with Gasteiger partial charge in [-0.2, -0.15) is 0 Å². The molecule has 0 saturated heterocycles. The average molecular weight is 409 g/mol. The van der Waals surface area contributed by atoms with Crippen LogP contribution in [-0.2, 0) is 16.8 Å². The molecular weight excluding hydrogens is 387 g/mol. The lowest BCUT2D eigenvalue weighted by Crippen LogP contribution is -2.44. The van der Waals surface area contributed by atoms with Crippen LogP contribution in [0.1, 0.15) is 51.2 Å². The number of aromatic nitrogens is 2. The molecule has 2 heterocycles. The van der Waals surface area contributed by atoms with Gasteiger partial charge < -0.3 is 15.0 Å². The summed E-state index contributed by atoms with van der Waals surface area (Å²) in [4.78, 5) is 20.7. The fraction of sp³-hybridized carbons (Fsp3) is 0.421. The molecule has 0 radical (unpaired) electrons. The SMILES string of the molecule is CC(C)(C)OC(=O)NC1=N[C@](C)(c2cc(N)ccc2F)Cn2c(C(F)F)cnc21. The number of alkyl carbamates (subject to hydrolysis) is 1. The molecule has 29 heavy (non-hydrogen) atoms. The number of benzene rings is 1. The normalized spacial score (nSPS) is 19.0. The van der Waals surface area contributed by atoms with Crippen molar-refractivity contribution in [2.75, 3.05) is 5.73 Å². The van der Waals surface area contributed by atoms with E-state index in [1.54, 1.807) is 27.7 Å². The standard InChI is InChI=1S/C19H22F3N5O2/c1-18(2,3)29-17(28)25-15-16-24-8-13(14(21)22)27(16)9-19(4,26-15)11-7-10(23)5-6-12(11)20/h5-8,14H,9,23H2,1-4H3,(H,25,26,28)/t19-/m0/s1. The van der Waals surface area contributed by atoms with Gasteiger partial charge in [-0.1, -0.05) is 0 Å². The van der Waals surface area contributed by atoms with E-state index < -0.39 is 29.5 Å². The smallest absolute Gasteiger partial charge is 0.413 e.